The minimum absolute atomic E-state index is 0.0499. The summed E-state index contributed by atoms with van der Waals surface area (Å²) >= 11 is 5.82. The van der Waals surface area contributed by atoms with Crippen molar-refractivity contribution >= 4 is 33.1 Å². The average Bonchev–Trinajstić information content (AvgIpc) is 2.49. The largest absolute Gasteiger partial charge is 0.340 e. The molecule has 1 fully saturated rings. The van der Waals surface area contributed by atoms with Gasteiger partial charge in [0.05, 0.1) is 4.90 Å². The molecule has 1 saturated carbocycles. The van der Waals surface area contributed by atoms with Gasteiger partial charge in [0.25, 0.3) is 0 Å². The Hall–Kier alpha value is -1.70. The lowest BCUT2D eigenvalue weighted by atomic mass is 9.94. The van der Waals surface area contributed by atoms with Crippen molar-refractivity contribution < 1.29 is 8.42 Å². The molecule has 0 bridgehead atoms. The number of rotatable bonds is 5. The number of hydrogen-bond donors (Lipinski definition) is 2. The third-order valence-corrected chi connectivity index (χ3v) is 5.95. The normalized spacial score (nSPS) is 15.1. The molecule has 1 aliphatic rings. The molecule has 0 unspecified atom stereocenters. The van der Waals surface area contributed by atoms with Crippen molar-refractivity contribution in [1.29, 1.82) is 0 Å². The summed E-state index contributed by atoms with van der Waals surface area (Å²) in [6, 6.07) is 5.25. The van der Waals surface area contributed by atoms with Crippen LogP contribution in [0.1, 0.15) is 30.4 Å². The number of anilines is 2. The quantitative estimate of drug-likeness (QED) is 0.793. The Labute approximate surface area is 146 Å². The van der Waals surface area contributed by atoms with Crippen LogP contribution in [0.2, 0.25) is 5.28 Å². The Bertz CT molecular complexity index is 866. The summed E-state index contributed by atoms with van der Waals surface area (Å²) in [6.45, 7) is 3.63. The summed E-state index contributed by atoms with van der Waals surface area (Å²) in [5.41, 5.74) is 2.15. The van der Waals surface area contributed by atoms with Crippen molar-refractivity contribution in [2.24, 2.45) is 0 Å². The van der Waals surface area contributed by atoms with Crippen LogP contribution < -0.4 is 10.0 Å². The van der Waals surface area contributed by atoms with Gasteiger partial charge >= 0.3 is 0 Å². The maximum Gasteiger partial charge on any atom is 0.241 e. The second-order valence-corrected chi connectivity index (χ2v) is 8.05. The van der Waals surface area contributed by atoms with E-state index in [4.69, 9.17) is 11.6 Å². The summed E-state index contributed by atoms with van der Waals surface area (Å²) in [6.07, 6.45) is 4.48. The predicted molar refractivity (Wildman–Crippen MR) is 94.2 cm³/mol. The zero-order valence-corrected chi connectivity index (χ0v) is 15.1. The van der Waals surface area contributed by atoms with Crippen LogP contribution >= 0.6 is 11.6 Å². The van der Waals surface area contributed by atoms with Gasteiger partial charge in [0.15, 0.2) is 0 Å². The highest BCUT2D eigenvalue weighted by molar-refractivity contribution is 7.89. The highest BCUT2D eigenvalue weighted by atomic mass is 35.5. The number of aryl methyl sites for hydroxylation is 2. The van der Waals surface area contributed by atoms with Crippen LogP contribution in [0.5, 0.6) is 0 Å². The van der Waals surface area contributed by atoms with Gasteiger partial charge in [-0.25, -0.2) is 23.1 Å². The van der Waals surface area contributed by atoms with Gasteiger partial charge in [-0.05, 0) is 56.0 Å². The smallest absolute Gasteiger partial charge is 0.241 e. The Balaban J connectivity index is 1.89. The summed E-state index contributed by atoms with van der Waals surface area (Å²) < 4.78 is 28.0. The van der Waals surface area contributed by atoms with Crippen LogP contribution in [0.15, 0.2) is 29.3 Å². The molecule has 0 radical (unpaired) electrons. The summed E-state index contributed by atoms with van der Waals surface area (Å²) in [4.78, 5) is 8.32. The van der Waals surface area contributed by atoms with E-state index in [2.05, 4.69) is 20.0 Å². The van der Waals surface area contributed by atoms with Crippen molar-refractivity contribution in [3.63, 3.8) is 0 Å². The van der Waals surface area contributed by atoms with Crippen molar-refractivity contribution in [2.45, 2.75) is 44.0 Å². The van der Waals surface area contributed by atoms with Gasteiger partial charge in [-0.1, -0.05) is 12.5 Å². The van der Waals surface area contributed by atoms with Crippen molar-refractivity contribution in [3.8, 4) is 0 Å². The second-order valence-electron chi connectivity index (χ2n) is 6.03. The molecular formula is C16H19ClN4O2S. The van der Waals surface area contributed by atoms with Gasteiger partial charge in [-0.2, -0.15) is 0 Å². The molecule has 0 aliphatic heterocycles. The summed E-state index contributed by atoms with van der Waals surface area (Å²) in [5, 5.41) is 3.24. The lowest BCUT2D eigenvalue weighted by Gasteiger charge is -2.26. The predicted octanol–water partition coefficient (Wildman–Crippen LogP) is 3.32. The van der Waals surface area contributed by atoms with E-state index >= 15 is 0 Å². The molecule has 24 heavy (non-hydrogen) atoms. The highest BCUT2D eigenvalue weighted by Gasteiger charge is 2.26. The molecule has 0 atom stereocenters. The van der Waals surface area contributed by atoms with E-state index in [9.17, 15) is 8.42 Å². The minimum Gasteiger partial charge on any atom is -0.340 e. The minimum atomic E-state index is -3.53. The number of aromatic nitrogens is 2. The van der Waals surface area contributed by atoms with E-state index in [1.807, 2.05) is 13.0 Å². The third-order valence-electron chi connectivity index (χ3n) is 4.11. The molecule has 1 aromatic heterocycles. The van der Waals surface area contributed by atoms with Crippen LogP contribution in [0.4, 0.5) is 11.5 Å². The van der Waals surface area contributed by atoms with Gasteiger partial charge in [-0.3, -0.25) is 0 Å². The Morgan fingerprint density at radius 1 is 1.21 bits per heavy atom. The zero-order valence-electron chi connectivity index (χ0n) is 13.5. The van der Waals surface area contributed by atoms with E-state index in [1.54, 1.807) is 25.3 Å². The molecule has 0 saturated heterocycles. The first-order chi connectivity index (χ1) is 11.3. The number of hydrogen-bond acceptors (Lipinski definition) is 5. The monoisotopic (exact) mass is 366 g/mol. The molecule has 1 aliphatic carbocycles. The van der Waals surface area contributed by atoms with Gasteiger partial charge in [0, 0.05) is 23.5 Å². The summed E-state index contributed by atoms with van der Waals surface area (Å²) in [7, 11) is -3.53. The third kappa shape index (κ3) is 3.68. The fourth-order valence-electron chi connectivity index (χ4n) is 2.46. The molecule has 0 spiro atoms. The molecule has 2 aromatic rings. The molecule has 1 heterocycles. The second kappa shape index (κ2) is 6.66. The Morgan fingerprint density at radius 3 is 2.62 bits per heavy atom. The van der Waals surface area contributed by atoms with Crippen molar-refractivity contribution in [1.82, 2.24) is 14.7 Å². The summed E-state index contributed by atoms with van der Waals surface area (Å²) in [5.74, 6) is 0.550. The zero-order chi connectivity index (χ0) is 17.3. The first kappa shape index (κ1) is 17.1. The van der Waals surface area contributed by atoms with Crippen molar-refractivity contribution in [3.05, 3.63) is 40.8 Å². The topological polar surface area (TPSA) is 84.0 Å². The molecule has 8 heteroatoms. The van der Waals surface area contributed by atoms with Crippen LogP contribution in [0.25, 0.3) is 0 Å². The van der Waals surface area contributed by atoms with Crippen LogP contribution in [0.3, 0.4) is 0 Å². The number of nitrogens with one attached hydrogen (secondary N) is 2. The maximum absolute atomic E-state index is 12.6. The highest BCUT2D eigenvalue weighted by Crippen LogP contribution is 2.26. The number of sulfonamides is 1. The lowest BCUT2D eigenvalue weighted by Crippen LogP contribution is -2.39. The Morgan fingerprint density at radius 2 is 1.96 bits per heavy atom. The van der Waals surface area contributed by atoms with E-state index in [1.165, 1.54) is 0 Å². The molecule has 128 valence electrons. The van der Waals surface area contributed by atoms with E-state index in [0.717, 1.165) is 24.8 Å². The lowest BCUT2D eigenvalue weighted by molar-refractivity contribution is 0.383. The molecule has 1 aromatic carbocycles. The molecule has 0 amide bonds. The first-order valence-electron chi connectivity index (χ1n) is 7.74. The number of benzene rings is 1. The molecule has 2 N–H and O–H groups in total. The van der Waals surface area contributed by atoms with Crippen LogP contribution in [0, 0.1) is 13.8 Å². The standard InChI is InChI=1S/C16H19ClN4O2S/c1-10-6-7-13(19-15-11(2)9-18-16(17)20-15)8-14(10)24(22,23)21-12-4-3-5-12/h6-9,12,21H,3-5H2,1-2H3,(H,18,19,20). The molecular weight excluding hydrogens is 348 g/mol. The van der Waals surface area contributed by atoms with Crippen molar-refractivity contribution in [2.75, 3.05) is 5.32 Å². The molecule has 3 rings (SSSR count). The SMILES string of the molecule is Cc1ccc(Nc2nc(Cl)ncc2C)cc1S(=O)(=O)NC1CCC1. The fourth-order valence-corrected chi connectivity index (χ4v) is 4.17. The van der Waals surface area contributed by atoms with Gasteiger partial charge in [0.1, 0.15) is 5.82 Å². The average molecular weight is 367 g/mol. The Kier molecular flexibility index (Phi) is 4.76. The van der Waals surface area contributed by atoms with E-state index in [-0.39, 0.29) is 16.2 Å². The van der Waals surface area contributed by atoms with E-state index in [0.29, 0.717) is 17.1 Å². The van der Waals surface area contributed by atoms with Gasteiger partial charge in [0.2, 0.25) is 15.3 Å². The van der Waals surface area contributed by atoms with Crippen LogP contribution in [-0.2, 0) is 10.0 Å². The van der Waals surface area contributed by atoms with Crippen LogP contribution in [-0.4, -0.2) is 24.4 Å². The first-order valence-corrected chi connectivity index (χ1v) is 9.60. The maximum atomic E-state index is 12.6. The number of halogens is 1. The molecule has 6 nitrogen and oxygen atoms in total. The van der Waals surface area contributed by atoms with Gasteiger partial charge < -0.3 is 5.32 Å². The fraction of sp³-hybridized carbons (Fsp3) is 0.375. The number of nitrogens with zero attached hydrogens (tertiary/aromatic N) is 2. The van der Waals surface area contributed by atoms with Gasteiger partial charge in [-0.15, -0.1) is 0 Å². The van der Waals surface area contributed by atoms with E-state index < -0.39 is 10.0 Å².